The van der Waals surface area contributed by atoms with Crippen molar-refractivity contribution in [2.24, 2.45) is 0 Å². The lowest BCUT2D eigenvalue weighted by molar-refractivity contribution is 0.270. The third-order valence-electron chi connectivity index (χ3n) is 4.30. The standard InChI is InChI=1S/C15H23N5/c1-5-20-8-6-7-13(20)10-19(4)15-14(9-16)11(2)12(3)17-18-15/h13H,5-8,10H2,1-4H3. The number of hydrogen-bond donors (Lipinski definition) is 0. The molecule has 20 heavy (non-hydrogen) atoms. The van der Waals surface area contributed by atoms with E-state index in [1.807, 2.05) is 20.9 Å². The van der Waals surface area contributed by atoms with Crippen molar-refractivity contribution in [3.05, 3.63) is 16.8 Å². The Morgan fingerprint density at radius 2 is 2.15 bits per heavy atom. The Hall–Kier alpha value is -1.67. The first-order chi connectivity index (χ1) is 9.58. The summed E-state index contributed by atoms with van der Waals surface area (Å²) >= 11 is 0. The number of hydrogen-bond acceptors (Lipinski definition) is 5. The van der Waals surface area contributed by atoms with Crippen LogP contribution < -0.4 is 4.90 Å². The fourth-order valence-corrected chi connectivity index (χ4v) is 2.92. The lowest BCUT2D eigenvalue weighted by Crippen LogP contribution is -2.39. The van der Waals surface area contributed by atoms with Crippen LogP contribution in [-0.2, 0) is 0 Å². The van der Waals surface area contributed by atoms with Crippen LogP contribution in [0.25, 0.3) is 0 Å². The highest BCUT2D eigenvalue weighted by atomic mass is 15.3. The monoisotopic (exact) mass is 273 g/mol. The van der Waals surface area contributed by atoms with E-state index in [2.05, 4.69) is 33.0 Å². The van der Waals surface area contributed by atoms with Gasteiger partial charge in [0.1, 0.15) is 11.6 Å². The van der Waals surface area contributed by atoms with Crippen LogP contribution in [0.3, 0.4) is 0 Å². The fraction of sp³-hybridized carbons (Fsp3) is 0.667. The second-order valence-electron chi connectivity index (χ2n) is 5.53. The van der Waals surface area contributed by atoms with Crippen LogP contribution in [0.5, 0.6) is 0 Å². The maximum Gasteiger partial charge on any atom is 0.169 e. The zero-order chi connectivity index (χ0) is 14.7. The number of nitriles is 1. The van der Waals surface area contributed by atoms with Crippen LogP contribution in [0.1, 0.15) is 36.6 Å². The Labute approximate surface area is 121 Å². The number of likely N-dealkylation sites (N-methyl/N-ethyl adjacent to an activating group) is 2. The molecule has 1 aliphatic rings. The molecule has 1 aromatic rings. The lowest BCUT2D eigenvalue weighted by Gasteiger charge is -2.28. The predicted octanol–water partition coefficient (Wildman–Crippen LogP) is 1.89. The topological polar surface area (TPSA) is 56.1 Å². The zero-order valence-corrected chi connectivity index (χ0v) is 12.8. The second kappa shape index (κ2) is 6.19. The van der Waals surface area contributed by atoms with Crippen molar-refractivity contribution in [1.29, 1.82) is 5.26 Å². The highest BCUT2D eigenvalue weighted by molar-refractivity contribution is 5.57. The average Bonchev–Trinajstić information content (AvgIpc) is 2.88. The molecule has 0 radical (unpaired) electrons. The molecule has 0 N–H and O–H groups in total. The summed E-state index contributed by atoms with van der Waals surface area (Å²) in [6, 6.07) is 2.83. The molecule has 5 heteroatoms. The minimum atomic E-state index is 0.556. The number of rotatable bonds is 4. The van der Waals surface area contributed by atoms with Crippen LogP contribution >= 0.6 is 0 Å². The first-order valence-electron chi connectivity index (χ1n) is 7.27. The highest BCUT2D eigenvalue weighted by Crippen LogP contribution is 2.23. The van der Waals surface area contributed by atoms with Gasteiger partial charge in [-0.1, -0.05) is 6.92 Å². The molecular formula is C15H23N5. The van der Waals surface area contributed by atoms with Gasteiger partial charge in [0.2, 0.25) is 0 Å². The van der Waals surface area contributed by atoms with Gasteiger partial charge in [-0.3, -0.25) is 4.90 Å². The largest absolute Gasteiger partial charge is 0.356 e. The third kappa shape index (κ3) is 2.75. The normalized spacial score (nSPS) is 19.1. The number of nitrogens with zero attached hydrogens (tertiary/aromatic N) is 5. The van der Waals surface area contributed by atoms with Gasteiger partial charge in [-0.25, -0.2) is 0 Å². The molecule has 5 nitrogen and oxygen atoms in total. The molecule has 0 saturated carbocycles. The molecule has 0 aromatic carbocycles. The first-order valence-corrected chi connectivity index (χ1v) is 7.27. The molecule has 0 amide bonds. The Bertz CT molecular complexity index is 520. The van der Waals surface area contributed by atoms with E-state index in [0.29, 0.717) is 17.4 Å². The maximum atomic E-state index is 9.38. The first kappa shape index (κ1) is 14.7. The van der Waals surface area contributed by atoms with Crippen LogP contribution in [-0.4, -0.2) is 47.8 Å². The molecule has 2 rings (SSSR count). The molecule has 0 bridgehead atoms. The van der Waals surface area contributed by atoms with Gasteiger partial charge in [0.05, 0.1) is 5.69 Å². The molecule has 1 aromatic heterocycles. The molecule has 1 saturated heterocycles. The van der Waals surface area contributed by atoms with Gasteiger partial charge in [-0.2, -0.15) is 10.4 Å². The summed E-state index contributed by atoms with van der Waals surface area (Å²) in [4.78, 5) is 4.58. The van der Waals surface area contributed by atoms with E-state index in [9.17, 15) is 5.26 Å². The van der Waals surface area contributed by atoms with Gasteiger partial charge in [0.25, 0.3) is 0 Å². The number of aromatic nitrogens is 2. The molecule has 1 atom stereocenters. The molecule has 2 heterocycles. The van der Waals surface area contributed by atoms with Gasteiger partial charge < -0.3 is 4.90 Å². The molecule has 1 fully saturated rings. The average molecular weight is 273 g/mol. The van der Waals surface area contributed by atoms with Gasteiger partial charge in [-0.05, 0) is 45.3 Å². The van der Waals surface area contributed by atoms with Crippen LogP contribution in [0, 0.1) is 25.2 Å². The quantitative estimate of drug-likeness (QED) is 0.838. The predicted molar refractivity (Wildman–Crippen MR) is 79.8 cm³/mol. The van der Waals surface area contributed by atoms with Crippen molar-refractivity contribution in [2.75, 3.05) is 31.6 Å². The van der Waals surface area contributed by atoms with Crippen molar-refractivity contribution in [3.63, 3.8) is 0 Å². The lowest BCUT2D eigenvalue weighted by atomic mass is 10.1. The fourth-order valence-electron chi connectivity index (χ4n) is 2.92. The van der Waals surface area contributed by atoms with E-state index in [1.165, 1.54) is 19.4 Å². The van der Waals surface area contributed by atoms with Crippen molar-refractivity contribution in [1.82, 2.24) is 15.1 Å². The van der Waals surface area contributed by atoms with E-state index < -0.39 is 0 Å². The summed E-state index contributed by atoms with van der Waals surface area (Å²) < 4.78 is 0. The Kier molecular flexibility index (Phi) is 4.56. The summed E-state index contributed by atoms with van der Waals surface area (Å²) in [5.74, 6) is 0.707. The Morgan fingerprint density at radius 1 is 1.40 bits per heavy atom. The third-order valence-corrected chi connectivity index (χ3v) is 4.30. The van der Waals surface area contributed by atoms with Crippen molar-refractivity contribution in [3.8, 4) is 6.07 Å². The highest BCUT2D eigenvalue weighted by Gasteiger charge is 2.25. The summed E-state index contributed by atoms with van der Waals surface area (Å²) in [5.41, 5.74) is 2.42. The summed E-state index contributed by atoms with van der Waals surface area (Å²) in [6.45, 7) is 9.20. The summed E-state index contributed by atoms with van der Waals surface area (Å²) in [7, 11) is 2.01. The van der Waals surface area contributed by atoms with Crippen molar-refractivity contribution >= 4 is 5.82 Å². The molecular weight excluding hydrogens is 250 g/mol. The molecule has 1 unspecified atom stereocenters. The summed E-state index contributed by atoms with van der Waals surface area (Å²) in [6.07, 6.45) is 2.48. The molecule has 0 spiro atoms. The van der Waals surface area contributed by atoms with E-state index in [4.69, 9.17) is 0 Å². The summed E-state index contributed by atoms with van der Waals surface area (Å²) in [5, 5.41) is 17.8. The number of aryl methyl sites for hydroxylation is 1. The van der Waals surface area contributed by atoms with Crippen LogP contribution in [0.2, 0.25) is 0 Å². The number of anilines is 1. The van der Waals surface area contributed by atoms with Crippen LogP contribution in [0.4, 0.5) is 5.82 Å². The SMILES string of the molecule is CCN1CCCC1CN(C)c1nnc(C)c(C)c1C#N. The minimum Gasteiger partial charge on any atom is -0.356 e. The van der Waals surface area contributed by atoms with E-state index >= 15 is 0 Å². The number of likely N-dealkylation sites (tertiary alicyclic amines) is 1. The van der Waals surface area contributed by atoms with E-state index in [-0.39, 0.29) is 0 Å². The Balaban J connectivity index is 2.19. The molecule has 1 aliphatic heterocycles. The van der Waals surface area contributed by atoms with Gasteiger partial charge in [0, 0.05) is 19.6 Å². The van der Waals surface area contributed by atoms with Gasteiger partial charge in [-0.15, -0.1) is 5.10 Å². The van der Waals surface area contributed by atoms with E-state index in [1.54, 1.807) is 0 Å². The van der Waals surface area contributed by atoms with Crippen molar-refractivity contribution < 1.29 is 0 Å². The Morgan fingerprint density at radius 3 is 2.80 bits per heavy atom. The minimum absolute atomic E-state index is 0.556. The van der Waals surface area contributed by atoms with E-state index in [0.717, 1.165) is 24.3 Å². The van der Waals surface area contributed by atoms with Crippen molar-refractivity contribution in [2.45, 2.75) is 39.7 Å². The molecule has 108 valence electrons. The van der Waals surface area contributed by atoms with Gasteiger partial charge in [0.15, 0.2) is 5.82 Å². The van der Waals surface area contributed by atoms with Gasteiger partial charge >= 0.3 is 0 Å². The van der Waals surface area contributed by atoms with Crippen LogP contribution in [0.15, 0.2) is 0 Å². The molecule has 0 aliphatic carbocycles. The second-order valence-corrected chi connectivity index (χ2v) is 5.53. The smallest absolute Gasteiger partial charge is 0.169 e. The maximum absolute atomic E-state index is 9.38. The zero-order valence-electron chi connectivity index (χ0n) is 12.8.